The van der Waals surface area contributed by atoms with Crippen LogP contribution in [0.4, 0.5) is 19.0 Å². The summed E-state index contributed by atoms with van der Waals surface area (Å²) in [6.45, 7) is 6.53. The molecule has 0 bridgehead atoms. The summed E-state index contributed by atoms with van der Waals surface area (Å²) in [5.41, 5.74) is 4.41. The number of carbonyl (C=O) groups excluding carboxylic acids is 1. The fourth-order valence-electron chi connectivity index (χ4n) is 1.48. The minimum absolute atomic E-state index is 0.0141. The lowest BCUT2D eigenvalue weighted by atomic mass is 10.1. The van der Waals surface area contributed by atoms with Crippen molar-refractivity contribution >= 4 is 11.6 Å². The lowest BCUT2D eigenvalue weighted by Gasteiger charge is -2.20. The second-order valence-electron chi connectivity index (χ2n) is 4.76. The molecule has 17 heavy (non-hydrogen) atoms. The van der Waals surface area contributed by atoms with Crippen LogP contribution in [0.2, 0.25) is 0 Å². The number of Topliss-reactive ketones (excluding diaryl/α,β-unsaturated/α-hetero) is 1. The lowest BCUT2D eigenvalue weighted by Crippen LogP contribution is -2.27. The van der Waals surface area contributed by atoms with Crippen molar-refractivity contribution in [2.75, 3.05) is 5.73 Å². The van der Waals surface area contributed by atoms with Crippen LogP contribution in [0.25, 0.3) is 0 Å². The van der Waals surface area contributed by atoms with Crippen LogP contribution in [0.3, 0.4) is 0 Å². The van der Waals surface area contributed by atoms with Crippen LogP contribution in [-0.2, 0) is 5.54 Å². The Kier molecular flexibility index (Phi) is 2.98. The highest BCUT2D eigenvalue weighted by atomic mass is 19.4. The molecule has 0 saturated heterocycles. The monoisotopic (exact) mass is 249 g/mol. The third-order valence-electron chi connectivity index (χ3n) is 2.22. The molecule has 1 aromatic heterocycles. The zero-order valence-corrected chi connectivity index (χ0v) is 10.0. The summed E-state index contributed by atoms with van der Waals surface area (Å²) in [6, 6.07) is 0. The molecule has 0 amide bonds. The third kappa shape index (κ3) is 2.42. The molecule has 7 heteroatoms. The van der Waals surface area contributed by atoms with Crippen LogP contribution in [0, 0.1) is 6.92 Å². The van der Waals surface area contributed by atoms with Gasteiger partial charge in [-0.25, -0.2) is 4.68 Å². The van der Waals surface area contributed by atoms with Gasteiger partial charge in [-0.05, 0) is 27.7 Å². The smallest absolute Gasteiger partial charge is 0.383 e. The van der Waals surface area contributed by atoms with Gasteiger partial charge in [0, 0.05) is 0 Å². The zero-order valence-electron chi connectivity index (χ0n) is 10.0. The van der Waals surface area contributed by atoms with Gasteiger partial charge in [0.1, 0.15) is 5.82 Å². The summed E-state index contributed by atoms with van der Waals surface area (Å²) in [5.74, 6) is -2.21. The molecule has 0 aliphatic rings. The number of hydrogen-bond donors (Lipinski definition) is 1. The molecule has 0 fully saturated rings. The van der Waals surface area contributed by atoms with Crippen LogP contribution >= 0.6 is 0 Å². The van der Waals surface area contributed by atoms with Gasteiger partial charge >= 0.3 is 6.18 Å². The largest absolute Gasteiger partial charge is 0.455 e. The van der Waals surface area contributed by atoms with Gasteiger partial charge < -0.3 is 5.73 Å². The molecule has 0 spiro atoms. The number of anilines is 1. The molecular weight excluding hydrogens is 235 g/mol. The highest BCUT2D eigenvalue weighted by molar-refractivity contribution is 6.04. The molecule has 0 radical (unpaired) electrons. The van der Waals surface area contributed by atoms with E-state index < -0.39 is 23.1 Å². The molecule has 0 aliphatic carbocycles. The fraction of sp³-hybridized carbons (Fsp3) is 0.600. The van der Waals surface area contributed by atoms with Gasteiger partial charge in [0.2, 0.25) is 0 Å². The predicted molar refractivity (Wildman–Crippen MR) is 56.8 cm³/mol. The summed E-state index contributed by atoms with van der Waals surface area (Å²) in [5, 5.41) is 3.89. The molecule has 2 N–H and O–H groups in total. The molecule has 0 unspecified atom stereocenters. The van der Waals surface area contributed by atoms with Crippen molar-refractivity contribution in [2.45, 2.75) is 39.4 Å². The Morgan fingerprint density at radius 1 is 1.29 bits per heavy atom. The first-order valence-electron chi connectivity index (χ1n) is 4.93. The van der Waals surface area contributed by atoms with Crippen molar-refractivity contribution < 1.29 is 18.0 Å². The minimum Gasteiger partial charge on any atom is -0.383 e. The van der Waals surface area contributed by atoms with Crippen molar-refractivity contribution in [3.63, 3.8) is 0 Å². The highest BCUT2D eigenvalue weighted by Gasteiger charge is 2.43. The SMILES string of the molecule is Cc1nn(C(C)(C)C)c(N)c1C(=O)C(F)(F)F. The van der Waals surface area contributed by atoms with E-state index in [4.69, 9.17) is 5.73 Å². The van der Waals surface area contributed by atoms with E-state index in [1.807, 2.05) is 0 Å². The first kappa shape index (κ1) is 13.5. The first-order chi connectivity index (χ1) is 7.46. The molecular formula is C10H14F3N3O. The maximum atomic E-state index is 12.4. The number of alkyl halides is 3. The Morgan fingerprint density at radius 2 is 1.76 bits per heavy atom. The van der Waals surface area contributed by atoms with Gasteiger partial charge in [-0.15, -0.1) is 0 Å². The fourth-order valence-corrected chi connectivity index (χ4v) is 1.48. The molecule has 4 nitrogen and oxygen atoms in total. The maximum absolute atomic E-state index is 12.4. The van der Waals surface area contributed by atoms with Crippen LogP contribution in [0.15, 0.2) is 0 Å². The van der Waals surface area contributed by atoms with E-state index in [9.17, 15) is 18.0 Å². The molecule has 0 saturated carbocycles. The van der Waals surface area contributed by atoms with Crippen molar-refractivity contribution in [1.29, 1.82) is 0 Å². The number of aryl methyl sites for hydroxylation is 1. The Hall–Kier alpha value is -1.53. The van der Waals surface area contributed by atoms with Crippen molar-refractivity contribution in [3.05, 3.63) is 11.3 Å². The van der Waals surface area contributed by atoms with E-state index in [2.05, 4.69) is 5.10 Å². The predicted octanol–water partition coefficient (Wildman–Crippen LogP) is 2.27. The number of ketones is 1. The number of hydrogen-bond acceptors (Lipinski definition) is 3. The average Bonchev–Trinajstić information content (AvgIpc) is 2.38. The molecule has 0 aliphatic heterocycles. The second kappa shape index (κ2) is 3.75. The van der Waals surface area contributed by atoms with Crippen LogP contribution in [0.1, 0.15) is 36.8 Å². The molecule has 0 atom stereocenters. The van der Waals surface area contributed by atoms with Gasteiger partial charge in [-0.2, -0.15) is 18.3 Å². The van der Waals surface area contributed by atoms with Gasteiger partial charge in [-0.1, -0.05) is 0 Å². The van der Waals surface area contributed by atoms with Crippen LogP contribution < -0.4 is 5.73 Å². The van der Waals surface area contributed by atoms with E-state index >= 15 is 0 Å². The van der Waals surface area contributed by atoms with Crippen LogP contribution in [-0.4, -0.2) is 21.7 Å². The zero-order chi connectivity index (χ0) is 13.6. The number of aromatic nitrogens is 2. The Labute approximate surface area is 96.6 Å². The van der Waals surface area contributed by atoms with Gasteiger partial charge in [0.05, 0.1) is 16.8 Å². The van der Waals surface area contributed by atoms with E-state index in [0.29, 0.717) is 0 Å². The summed E-state index contributed by atoms with van der Waals surface area (Å²) in [4.78, 5) is 11.2. The minimum atomic E-state index is -4.94. The van der Waals surface area contributed by atoms with E-state index in [-0.39, 0.29) is 11.5 Å². The summed E-state index contributed by atoms with van der Waals surface area (Å²) in [6.07, 6.45) is -4.94. The average molecular weight is 249 g/mol. The Bertz CT molecular complexity index is 455. The van der Waals surface area contributed by atoms with Crippen molar-refractivity contribution in [2.24, 2.45) is 0 Å². The molecule has 1 heterocycles. The quantitative estimate of drug-likeness (QED) is 0.776. The first-order valence-corrected chi connectivity index (χ1v) is 4.93. The highest BCUT2D eigenvalue weighted by Crippen LogP contribution is 2.29. The number of nitrogens with two attached hydrogens (primary N) is 1. The Morgan fingerprint density at radius 3 is 2.06 bits per heavy atom. The van der Waals surface area contributed by atoms with Gasteiger partial charge in [0.25, 0.3) is 5.78 Å². The number of carbonyl (C=O) groups is 1. The third-order valence-corrected chi connectivity index (χ3v) is 2.22. The summed E-state index contributed by atoms with van der Waals surface area (Å²) >= 11 is 0. The van der Waals surface area contributed by atoms with Gasteiger partial charge in [0.15, 0.2) is 0 Å². The summed E-state index contributed by atoms with van der Waals surface area (Å²) < 4.78 is 38.3. The van der Waals surface area contributed by atoms with E-state index in [0.717, 1.165) is 0 Å². The maximum Gasteiger partial charge on any atom is 0.455 e. The van der Waals surface area contributed by atoms with E-state index in [1.54, 1.807) is 20.8 Å². The number of nitrogen functional groups attached to an aromatic ring is 1. The molecule has 96 valence electrons. The second-order valence-corrected chi connectivity index (χ2v) is 4.76. The molecule has 1 aromatic rings. The van der Waals surface area contributed by atoms with E-state index in [1.165, 1.54) is 11.6 Å². The number of nitrogens with zero attached hydrogens (tertiary/aromatic N) is 2. The topological polar surface area (TPSA) is 60.9 Å². The van der Waals surface area contributed by atoms with Crippen LogP contribution in [0.5, 0.6) is 0 Å². The number of rotatable bonds is 1. The summed E-state index contributed by atoms with van der Waals surface area (Å²) in [7, 11) is 0. The van der Waals surface area contributed by atoms with Crippen molar-refractivity contribution in [1.82, 2.24) is 9.78 Å². The lowest BCUT2D eigenvalue weighted by molar-refractivity contribution is -0.0885. The number of halogens is 3. The van der Waals surface area contributed by atoms with Gasteiger partial charge in [-0.3, -0.25) is 4.79 Å². The molecule has 0 aromatic carbocycles. The van der Waals surface area contributed by atoms with Crippen molar-refractivity contribution in [3.8, 4) is 0 Å². The normalized spacial score (nSPS) is 12.9. The molecule has 1 rings (SSSR count). The standard InChI is InChI=1S/C10H14F3N3O/c1-5-6(7(17)10(11,12)13)8(14)16(15-5)9(2,3)4/h14H2,1-4H3. The Balaban J connectivity index is 3.39.